The van der Waals surface area contributed by atoms with Gasteiger partial charge in [0.15, 0.2) is 0 Å². The molecule has 0 aromatic carbocycles. The Hall–Kier alpha value is -0.760. The Balaban J connectivity index is 1.99. The second-order valence-corrected chi connectivity index (χ2v) is 5.02. The van der Waals surface area contributed by atoms with Crippen molar-refractivity contribution in [1.29, 1.82) is 0 Å². The summed E-state index contributed by atoms with van der Waals surface area (Å²) in [5, 5.41) is 4.17. The number of pyridine rings is 1. The number of hydrogen-bond acceptors (Lipinski definition) is 2. The van der Waals surface area contributed by atoms with Gasteiger partial charge in [-0.05, 0) is 31.4 Å². The van der Waals surface area contributed by atoms with Crippen LogP contribution >= 0.6 is 11.6 Å². The molecule has 1 heterocycles. The van der Waals surface area contributed by atoms with Crippen LogP contribution in [-0.2, 0) is 0 Å². The van der Waals surface area contributed by atoms with Crippen molar-refractivity contribution in [2.24, 2.45) is 0 Å². The molecule has 1 fully saturated rings. The van der Waals surface area contributed by atoms with Crippen molar-refractivity contribution in [3.05, 3.63) is 23.0 Å². The number of aromatic nitrogens is 1. The number of anilines is 1. The first-order chi connectivity index (χ1) is 7.75. The number of nitrogens with one attached hydrogen (secondary N) is 1. The van der Waals surface area contributed by atoms with Gasteiger partial charge in [-0.15, -0.1) is 0 Å². The van der Waals surface area contributed by atoms with E-state index in [1.165, 1.54) is 38.5 Å². The summed E-state index contributed by atoms with van der Waals surface area (Å²) in [4.78, 5) is 4.17. The maximum atomic E-state index is 5.91. The predicted molar refractivity (Wildman–Crippen MR) is 69.1 cm³/mol. The molecule has 88 valence electrons. The van der Waals surface area contributed by atoms with Gasteiger partial charge in [0.1, 0.15) is 5.15 Å². The van der Waals surface area contributed by atoms with Gasteiger partial charge in [-0.1, -0.05) is 37.3 Å². The first-order valence-corrected chi connectivity index (χ1v) is 6.52. The Labute approximate surface area is 102 Å². The molecule has 1 saturated carbocycles. The molecule has 1 aliphatic carbocycles. The topological polar surface area (TPSA) is 24.9 Å². The van der Waals surface area contributed by atoms with E-state index in [-0.39, 0.29) is 0 Å². The van der Waals surface area contributed by atoms with Crippen molar-refractivity contribution in [3.8, 4) is 0 Å². The average Bonchev–Trinajstić information content (AvgIpc) is 2.52. The first kappa shape index (κ1) is 11.7. The Kier molecular flexibility index (Phi) is 4.05. The molecular formula is C13H19ClN2. The van der Waals surface area contributed by atoms with Crippen LogP contribution in [0.4, 0.5) is 5.69 Å². The van der Waals surface area contributed by atoms with Gasteiger partial charge in [-0.25, -0.2) is 4.98 Å². The third-order valence-electron chi connectivity index (χ3n) is 3.24. The Morgan fingerprint density at radius 2 is 1.94 bits per heavy atom. The van der Waals surface area contributed by atoms with Crippen molar-refractivity contribution in [3.63, 3.8) is 0 Å². The fourth-order valence-corrected chi connectivity index (χ4v) is 2.40. The minimum Gasteiger partial charge on any atom is -0.381 e. The van der Waals surface area contributed by atoms with Crippen LogP contribution in [0.5, 0.6) is 0 Å². The highest BCUT2D eigenvalue weighted by Gasteiger charge is 2.12. The molecule has 0 unspecified atom stereocenters. The third kappa shape index (κ3) is 3.11. The van der Waals surface area contributed by atoms with E-state index in [1.54, 1.807) is 0 Å². The molecule has 1 aromatic rings. The van der Waals surface area contributed by atoms with Crippen molar-refractivity contribution in [2.75, 3.05) is 5.32 Å². The summed E-state index contributed by atoms with van der Waals surface area (Å²) in [6, 6.07) is 2.70. The van der Waals surface area contributed by atoms with E-state index in [4.69, 9.17) is 11.6 Å². The lowest BCUT2D eigenvalue weighted by molar-refractivity contribution is 0.619. The van der Waals surface area contributed by atoms with Crippen molar-refractivity contribution >= 4 is 17.3 Å². The summed E-state index contributed by atoms with van der Waals surface area (Å²) in [6.45, 7) is 1.99. The summed E-state index contributed by atoms with van der Waals surface area (Å²) < 4.78 is 0. The van der Waals surface area contributed by atoms with Crippen molar-refractivity contribution in [2.45, 2.75) is 51.5 Å². The molecule has 0 spiro atoms. The zero-order chi connectivity index (χ0) is 11.4. The summed E-state index contributed by atoms with van der Waals surface area (Å²) in [5.41, 5.74) is 2.15. The van der Waals surface area contributed by atoms with Crippen LogP contribution < -0.4 is 5.32 Å². The number of nitrogens with zero attached hydrogens (tertiary/aromatic N) is 1. The molecule has 1 N–H and O–H groups in total. The van der Waals surface area contributed by atoms with E-state index >= 15 is 0 Å². The minimum absolute atomic E-state index is 0.603. The maximum Gasteiger partial charge on any atom is 0.132 e. The highest BCUT2D eigenvalue weighted by atomic mass is 35.5. The molecule has 16 heavy (non-hydrogen) atoms. The molecule has 0 aliphatic heterocycles. The maximum absolute atomic E-state index is 5.91. The molecule has 0 amide bonds. The molecule has 0 saturated heterocycles. The largest absolute Gasteiger partial charge is 0.381 e. The van der Waals surface area contributed by atoms with Gasteiger partial charge in [0.2, 0.25) is 0 Å². The van der Waals surface area contributed by atoms with Crippen LogP contribution in [0.25, 0.3) is 0 Å². The second kappa shape index (κ2) is 5.53. The van der Waals surface area contributed by atoms with E-state index in [2.05, 4.69) is 16.4 Å². The van der Waals surface area contributed by atoms with Crippen LogP contribution in [0.3, 0.4) is 0 Å². The molecule has 3 heteroatoms. The summed E-state index contributed by atoms with van der Waals surface area (Å²) in [7, 11) is 0. The molecule has 1 aromatic heterocycles. The number of rotatable bonds is 2. The van der Waals surface area contributed by atoms with E-state index < -0.39 is 0 Å². The van der Waals surface area contributed by atoms with Crippen molar-refractivity contribution < 1.29 is 0 Å². The highest BCUT2D eigenvalue weighted by Crippen LogP contribution is 2.22. The SMILES string of the molecule is Cc1cc(NC2CCCCCC2)cnc1Cl. The number of hydrogen-bond donors (Lipinski definition) is 1. The van der Waals surface area contributed by atoms with Gasteiger partial charge >= 0.3 is 0 Å². The molecule has 2 rings (SSSR count). The predicted octanol–water partition coefficient (Wildman–Crippen LogP) is 4.18. The quantitative estimate of drug-likeness (QED) is 0.618. The van der Waals surface area contributed by atoms with E-state index in [1.807, 2.05) is 13.1 Å². The van der Waals surface area contributed by atoms with Gasteiger partial charge in [0, 0.05) is 6.04 Å². The molecule has 0 atom stereocenters. The van der Waals surface area contributed by atoms with Gasteiger partial charge < -0.3 is 5.32 Å². The van der Waals surface area contributed by atoms with E-state index in [0.717, 1.165) is 11.3 Å². The van der Waals surface area contributed by atoms with Crippen LogP contribution in [0.15, 0.2) is 12.3 Å². The van der Waals surface area contributed by atoms with Crippen LogP contribution in [0.2, 0.25) is 5.15 Å². The lowest BCUT2D eigenvalue weighted by Crippen LogP contribution is -2.18. The van der Waals surface area contributed by atoms with Crippen molar-refractivity contribution in [1.82, 2.24) is 4.98 Å². The number of halogens is 1. The Morgan fingerprint density at radius 3 is 2.56 bits per heavy atom. The van der Waals surface area contributed by atoms with Gasteiger partial charge in [-0.3, -0.25) is 0 Å². The standard InChI is InChI=1S/C13H19ClN2/c1-10-8-12(9-15-13(10)14)16-11-6-4-2-3-5-7-11/h8-9,11,16H,2-7H2,1H3. The first-order valence-electron chi connectivity index (χ1n) is 6.14. The zero-order valence-corrected chi connectivity index (χ0v) is 10.6. The zero-order valence-electron chi connectivity index (χ0n) is 9.80. The molecule has 1 aliphatic rings. The van der Waals surface area contributed by atoms with E-state index in [0.29, 0.717) is 11.2 Å². The van der Waals surface area contributed by atoms with Gasteiger partial charge in [-0.2, -0.15) is 0 Å². The van der Waals surface area contributed by atoms with Crippen LogP contribution in [-0.4, -0.2) is 11.0 Å². The molecule has 2 nitrogen and oxygen atoms in total. The minimum atomic E-state index is 0.603. The molecular weight excluding hydrogens is 220 g/mol. The lowest BCUT2D eigenvalue weighted by atomic mass is 10.1. The fourth-order valence-electron chi connectivity index (χ4n) is 2.30. The lowest BCUT2D eigenvalue weighted by Gasteiger charge is -2.17. The van der Waals surface area contributed by atoms with Crippen LogP contribution in [0.1, 0.15) is 44.1 Å². The Bertz CT molecular complexity index is 344. The highest BCUT2D eigenvalue weighted by molar-refractivity contribution is 6.30. The summed E-state index contributed by atoms with van der Waals surface area (Å²) >= 11 is 5.91. The average molecular weight is 239 g/mol. The third-order valence-corrected chi connectivity index (χ3v) is 3.64. The molecule has 0 radical (unpaired) electrons. The normalized spacial score (nSPS) is 18.1. The summed E-state index contributed by atoms with van der Waals surface area (Å²) in [6.07, 6.45) is 9.85. The smallest absolute Gasteiger partial charge is 0.132 e. The summed E-state index contributed by atoms with van der Waals surface area (Å²) in [5.74, 6) is 0. The van der Waals surface area contributed by atoms with E-state index in [9.17, 15) is 0 Å². The second-order valence-electron chi connectivity index (χ2n) is 4.66. The van der Waals surface area contributed by atoms with Crippen LogP contribution in [0, 0.1) is 6.92 Å². The monoisotopic (exact) mass is 238 g/mol. The Morgan fingerprint density at radius 1 is 1.25 bits per heavy atom. The number of aryl methyl sites for hydroxylation is 1. The molecule has 0 bridgehead atoms. The fraction of sp³-hybridized carbons (Fsp3) is 0.615. The van der Waals surface area contributed by atoms with Gasteiger partial charge in [0.25, 0.3) is 0 Å². The van der Waals surface area contributed by atoms with Gasteiger partial charge in [0.05, 0.1) is 11.9 Å².